The third-order valence-corrected chi connectivity index (χ3v) is 5.56. The first kappa shape index (κ1) is 18.1. The number of halogens is 3. The summed E-state index contributed by atoms with van der Waals surface area (Å²) in [4.78, 5) is 4.86. The number of rotatable bonds is 7. The summed E-state index contributed by atoms with van der Waals surface area (Å²) >= 11 is 14.1. The SMILES string of the molecule is Fc1cccc(OCC(Cn2ccnc2)Sc2c(Cl)cccc2Cl)c1. The number of benzene rings is 2. The Labute approximate surface area is 159 Å². The van der Waals surface area contributed by atoms with Crippen LogP contribution in [0.4, 0.5) is 4.39 Å². The van der Waals surface area contributed by atoms with Crippen molar-refractivity contribution in [2.75, 3.05) is 6.61 Å². The van der Waals surface area contributed by atoms with Crippen molar-refractivity contribution in [2.24, 2.45) is 0 Å². The van der Waals surface area contributed by atoms with Gasteiger partial charge in [-0.05, 0) is 24.3 Å². The zero-order valence-corrected chi connectivity index (χ0v) is 15.4. The van der Waals surface area contributed by atoms with E-state index in [-0.39, 0.29) is 11.1 Å². The molecule has 0 amide bonds. The summed E-state index contributed by atoms with van der Waals surface area (Å²) in [6, 6.07) is 11.5. The van der Waals surface area contributed by atoms with Crippen molar-refractivity contribution < 1.29 is 9.13 Å². The van der Waals surface area contributed by atoms with Crippen LogP contribution < -0.4 is 4.74 Å². The summed E-state index contributed by atoms with van der Waals surface area (Å²) in [5.41, 5.74) is 0. The van der Waals surface area contributed by atoms with Crippen molar-refractivity contribution in [1.82, 2.24) is 9.55 Å². The molecule has 1 aromatic heterocycles. The highest BCUT2D eigenvalue weighted by molar-refractivity contribution is 8.00. The van der Waals surface area contributed by atoms with Crippen LogP contribution in [0.15, 0.2) is 66.1 Å². The highest BCUT2D eigenvalue weighted by Crippen LogP contribution is 2.37. The van der Waals surface area contributed by atoms with Crippen molar-refractivity contribution in [2.45, 2.75) is 16.7 Å². The minimum Gasteiger partial charge on any atom is -0.492 e. The van der Waals surface area contributed by atoms with Gasteiger partial charge in [0.15, 0.2) is 0 Å². The number of thioether (sulfide) groups is 1. The molecule has 2 aromatic carbocycles. The maximum absolute atomic E-state index is 13.3. The maximum Gasteiger partial charge on any atom is 0.126 e. The number of hydrogen-bond donors (Lipinski definition) is 0. The first-order chi connectivity index (χ1) is 12.1. The molecule has 0 saturated carbocycles. The van der Waals surface area contributed by atoms with Crippen LogP contribution in [-0.4, -0.2) is 21.4 Å². The Morgan fingerprint density at radius 1 is 1.16 bits per heavy atom. The zero-order valence-electron chi connectivity index (χ0n) is 13.1. The number of ether oxygens (including phenoxy) is 1. The van der Waals surface area contributed by atoms with E-state index >= 15 is 0 Å². The van der Waals surface area contributed by atoms with E-state index in [9.17, 15) is 4.39 Å². The van der Waals surface area contributed by atoms with Crippen LogP contribution >= 0.6 is 35.0 Å². The van der Waals surface area contributed by atoms with Gasteiger partial charge < -0.3 is 9.30 Å². The molecule has 0 N–H and O–H groups in total. The average Bonchev–Trinajstić information content (AvgIpc) is 3.09. The van der Waals surface area contributed by atoms with E-state index < -0.39 is 0 Å². The molecule has 3 rings (SSSR count). The Morgan fingerprint density at radius 3 is 2.60 bits per heavy atom. The molecule has 1 atom stereocenters. The fraction of sp³-hybridized carbons (Fsp3) is 0.167. The summed E-state index contributed by atoms with van der Waals surface area (Å²) < 4.78 is 21.0. The predicted octanol–water partition coefficient (Wildman–Crippen LogP) is 5.57. The van der Waals surface area contributed by atoms with E-state index in [1.165, 1.54) is 23.9 Å². The Bertz CT molecular complexity index is 809. The minimum atomic E-state index is -0.328. The van der Waals surface area contributed by atoms with Crippen molar-refractivity contribution in [1.29, 1.82) is 0 Å². The second-order valence-corrected chi connectivity index (χ2v) is 7.44. The molecule has 0 aliphatic heterocycles. The summed E-state index contributed by atoms with van der Waals surface area (Å²) in [5.74, 6) is 0.159. The molecule has 3 nitrogen and oxygen atoms in total. The van der Waals surface area contributed by atoms with Crippen LogP contribution in [0.3, 0.4) is 0 Å². The van der Waals surface area contributed by atoms with Gasteiger partial charge in [-0.15, -0.1) is 11.8 Å². The second kappa shape index (κ2) is 8.61. The fourth-order valence-corrected chi connectivity index (χ4v) is 4.00. The van der Waals surface area contributed by atoms with Gasteiger partial charge in [0, 0.05) is 29.9 Å². The molecule has 1 heterocycles. The predicted molar refractivity (Wildman–Crippen MR) is 100 cm³/mol. The molecule has 0 radical (unpaired) electrons. The van der Waals surface area contributed by atoms with Gasteiger partial charge in [0.1, 0.15) is 18.2 Å². The lowest BCUT2D eigenvalue weighted by molar-refractivity contribution is 0.306. The number of imidazole rings is 1. The molecule has 0 aliphatic carbocycles. The van der Waals surface area contributed by atoms with Crippen molar-refractivity contribution in [3.05, 3.63) is 77.0 Å². The van der Waals surface area contributed by atoms with E-state index in [0.29, 0.717) is 28.9 Å². The quantitative estimate of drug-likeness (QED) is 0.488. The van der Waals surface area contributed by atoms with Crippen LogP contribution in [0, 0.1) is 5.82 Å². The minimum absolute atomic E-state index is 0.00914. The summed E-state index contributed by atoms with van der Waals surface area (Å²) in [7, 11) is 0. The van der Waals surface area contributed by atoms with Gasteiger partial charge in [0.05, 0.1) is 21.6 Å². The molecule has 130 valence electrons. The first-order valence-corrected chi connectivity index (χ1v) is 9.20. The van der Waals surface area contributed by atoms with Gasteiger partial charge >= 0.3 is 0 Å². The number of hydrogen-bond acceptors (Lipinski definition) is 3. The third-order valence-electron chi connectivity index (χ3n) is 3.41. The van der Waals surface area contributed by atoms with Gasteiger partial charge in [0.2, 0.25) is 0 Å². The van der Waals surface area contributed by atoms with Gasteiger partial charge in [-0.25, -0.2) is 9.37 Å². The molecule has 7 heteroatoms. The van der Waals surface area contributed by atoms with Crippen molar-refractivity contribution >= 4 is 35.0 Å². The van der Waals surface area contributed by atoms with Gasteiger partial charge in [-0.1, -0.05) is 35.3 Å². The zero-order chi connectivity index (χ0) is 17.6. The molecule has 0 aliphatic rings. The van der Waals surface area contributed by atoms with E-state index in [0.717, 1.165) is 4.90 Å². The Kier molecular flexibility index (Phi) is 6.24. The van der Waals surface area contributed by atoms with E-state index in [1.807, 2.05) is 16.8 Å². The topological polar surface area (TPSA) is 27.1 Å². The van der Waals surface area contributed by atoms with Crippen molar-refractivity contribution in [3.8, 4) is 5.75 Å². The molecule has 0 saturated heterocycles. The lowest BCUT2D eigenvalue weighted by atomic mass is 10.3. The standard InChI is InChI=1S/C18H15Cl2FN2OS/c19-16-5-2-6-17(20)18(16)25-15(10-23-8-7-22-12-23)11-24-14-4-1-3-13(21)9-14/h1-9,12,15H,10-11H2. The van der Waals surface area contributed by atoms with Gasteiger partial charge in [-0.3, -0.25) is 0 Å². The van der Waals surface area contributed by atoms with E-state index in [2.05, 4.69) is 4.98 Å². The Morgan fingerprint density at radius 2 is 1.92 bits per heavy atom. The van der Waals surface area contributed by atoms with E-state index in [4.69, 9.17) is 27.9 Å². The van der Waals surface area contributed by atoms with Crippen molar-refractivity contribution in [3.63, 3.8) is 0 Å². The van der Waals surface area contributed by atoms with Crippen LogP contribution in [0.2, 0.25) is 10.0 Å². The molecule has 3 aromatic rings. The number of aromatic nitrogens is 2. The maximum atomic E-state index is 13.3. The van der Waals surface area contributed by atoms with Crippen LogP contribution in [0.25, 0.3) is 0 Å². The highest BCUT2D eigenvalue weighted by atomic mass is 35.5. The summed E-state index contributed by atoms with van der Waals surface area (Å²) in [5, 5.41) is 1.20. The Hall–Kier alpha value is -1.69. The lowest BCUT2D eigenvalue weighted by Gasteiger charge is -2.19. The lowest BCUT2D eigenvalue weighted by Crippen LogP contribution is -2.20. The molecule has 1 unspecified atom stereocenters. The van der Waals surface area contributed by atoms with Crippen LogP contribution in [-0.2, 0) is 6.54 Å². The highest BCUT2D eigenvalue weighted by Gasteiger charge is 2.17. The van der Waals surface area contributed by atoms with Gasteiger partial charge in [0.25, 0.3) is 0 Å². The molecular formula is C18H15Cl2FN2OS. The van der Waals surface area contributed by atoms with Crippen LogP contribution in [0.5, 0.6) is 5.75 Å². The third kappa shape index (κ3) is 5.14. The Balaban J connectivity index is 1.75. The molecule has 0 bridgehead atoms. The molecule has 0 spiro atoms. The van der Waals surface area contributed by atoms with Gasteiger partial charge in [-0.2, -0.15) is 0 Å². The largest absolute Gasteiger partial charge is 0.492 e. The summed E-state index contributed by atoms with van der Waals surface area (Å²) in [6.45, 7) is 1.02. The smallest absolute Gasteiger partial charge is 0.126 e. The second-order valence-electron chi connectivity index (χ2n) is 5.32. The average molecular weight is 397 g/mol. The molecule has 25 heavy (non-hydrogen) atoms. The molecular weight excluding hydrogens is 382 g/mol. The molecule has 0 fully saturated rings. The van der Waals surface area contributed by atoms with E-state index in [1.54, 1.807) is 36.8 Å². The first-order valence-electron chi connectivity index (χ1n) is 7.56. The monoisotopic (exact) mass is 396 g/mol. The number of nitrogens with zero attached hydrogens (tertiary/aromatic N) is 2. The van der Waals surface area contributed by atoms with Crippen LogP contribution in [0.1, 0.15) is 0 Å². The normalized spacial score (nSPS) is 12.1. The fourth-order valence-electron chi connectivity index (χ4n) is 2.26. The summed E-state index contributed by atoms with van der Waals surface area (Å²) in [6.07, 6.45) is 5.34.